The van der Waals surface area contributed by atoms with Gasteiger partial charge in [0.1, 0.15) is 5.72 Å². The zero-order valence-electron chi connectivity index (χ0n) is 8.75. The normalized spacial score (nSPS) is 15.1. The van der Waals surface area contributed by atoms with Gasteiger partial charge in [-0.15, -0.1) is 0 Å². The number of rotatable bonds is 5. The molecule has 1 atom stereocenters. The number of hydrogen-bond donors (Lipinski definition) is 3. The minimum atomic E-state index is -0.926. The summed E-state index contributed by atoms with van der Waals surface area (Å²) < 4.78 is 0. The van der Waals surface area contributed by atoms with E-state index in [2.05, 4.69) is 10.6 Å². The Morgan fingerprint density at radius 2 is 1.86 bits per heavy atom. The van der Waals surface area contributed by atoms with Gasteiger partial charge in [0.25, 0.3) is 0 Å². The first kappa shape index (κ1) is 11.2. The van der Waals surface area contributed by atoms with Crippen molar-refractivity contribution >= 4 is 0 Å². The van der Waals surface area contributed by atoms with Gasteiger partial charge in [0.05, 0.1) is 0 Å². The fourth-order valence-electron chi connectivity index (χ4n) is 1.43. The number of hydrogen-bond acceptors (Lipinski definition) is 3. The molecule has 0 aliphatic carbocycles. The molecule has 14 heavy (non-hydrogen) atoms. The first-order chi connectivity index (χ1) is 6.73. The fraction of sp³-hybridized carbons (Fsp3) is 0.455. The van der Waals surface area contributed by atoms with Crippen LogP contribution in [0.25, 0.3) is 0 Å². The van der Waals surface area contributed by atoms with E-state index >= 15 is 0 Å². The van der Waals surface area contributed by atoms with E-state index in [0.29, 0.717) is 6.42 Å². The van der Waals surface area contributed by atoms with Crippen LogP contribution in [0.1, 0.15) is 12.0 Å². The summed E-state index contributed by atoms with van der Waals surface area (Å²) in [5.74, 6) is 0. The summed E-state index contributed by atoms with van der Waals surface area (Å²) in [7, 11) is 3.64. The van der Waals surface area contributed by atoms with Crippen LogP contribution >= 0.6 is 0 Å². The maximum absolute atomic E-state index is 10.3. The van der Waals surface area contributed by atoms with E-state index in [1.54, 1.807) is 7.05 Å². The Kier molecular flexibility index (Phi) is 4.07. The van der Waals surface area contributed by atoms with Gasteiger partial charge in [0.15, 0.2) is 0 Å². The third kappa shape index (κ3) is 2.54. The molecule has 1 aromatic carbocycles. The Bertz CT molecular complexity index is 263. The molecule has 0 spiro atoms. The molecule has 78 valence electrons. The predicted octanol–water partition coefficient (Wildman–Crippen LogP) is 0.661. The molecule has 0 aliphatic heterocycles. The first-order valence-electron chi connectivity index (χ1n) is 4.84. The van der Waals surface area contributed by atoms with Crippen molar-refractivity contribution < 1.29 is 5.11 Å². The quantitative estimate of drug-likeness (QED) is 0.603. The molecular weight excluding hydrogens is 176 g/mol. The number of nitrogens with one attached hydrogen (secondary N) is 2. The van der Waals surface area contributed by atoms with Gasteiger partial charge >= 0.3 is 0 Å². The largest absolute Gasteiger partial charge is 0.372 e. The Morgan fingerprint density at radius 1 is 1.21 bits per heavy atom. The summed E-state index contributed by atoms with van der Waals surface area (Å²) in [6.07, 6.45) is 0.643. The van der Waals surface area contributed by atoms with E-state index in [1.807, 2.05) is 37.4 Å². The van der Waals surface area contributed by atoms with Crippen molar-refractivity contribution in [2.45, 2.75) is 12.1 Å². The van der Waals surface area contributed by atoms with Gasteiger partial charge in [0.2, 0.25) is 0 Å². The predicted molar refractivity (Wildman–Crippen MR) is 57.9 cm³/mol. The smallest absolute Gasteiger partial charge is 0.143 e. The Hall–Kier alpha value is -0.900. The SMILES string of the molecule is CNCCC(O)(NC)c1ccccc1. The van der Waals surface area contributed by atoms with Gasteiger partial charge in [-0.2, -0.15) is 0 Å². The maximum Gasteiger partial charge on any atom is 0.143 e. The molecule has 0 heterocycles. The van der Waals surface area contributed by atoms with Crippen molar-refractivity contribution in [1.82, 2.24) is 10.6 Å². The highest BCUT2D eigenvalue weighted by Gasteiger charge is 2.25. The highest BCUT2D eigenvalue weighted by molar-refractivity contribution is 5.21. The van der Waals surface area contributed by atoms with Gasteiger partial charge in [-0.05, 0) is 26.2 Å². The van der Waals surface area contributed by atoms with E-state index < -0.39 is 5.72 Å². The Labute approximate surface area is 85.2 Å². The minimum absolute atomic E-state index is 0.643. The lowest BCUT2D eigenvalue weighted by molar-refractivity contribution is 0.000217. The molecule has 1 unspecified atom stereocenters. The second-order valence-electron chi connectivity index (χ2n) is 3.33. The molecular formula is C11H18N2O. The van der Waals surface area contributed by atoms with Gasteiger partial charge in [-0.3, -0.25) is 5.32 Å². The van der Waals surface area contributed by atoms with E-state index in [0.717, 1.165) is 12.1 Å². The fourth-order valence-corrected chi connectivity index (χ4v) is 1.43. The zero-order valence-corrected chi connectivity index (χ0v) is 8.75. The molecule has 3 nitrogen and oxygen atoms in total. The van der Waals surface area contributed by atoms with Crippen molar-refractivity contribution in [1.29, 1.82) is 0 Å². The topological polar surface area (TPSA) is 44.3 Å². The molecule has 0 saturated carbocycles. The lowest BCUT2D eigenvalue weighted by Crippen LogP contribution is -2.41. The van der Waals surface area contributed by atoms with Crippen molar-refractivity contribution in [3.8, 4) is 0 Å². The third-order valence-electron chi connectivity index (χ3n) is 2.40. The van der Waals surface area contributed by atoms with Crippen molar-refractivity contribution in [3.05, 3.63) is 35.9 Å². The summed E-state index contributed by atoms with van der Waals surface area (Å²) in [5.41, 5.74) is -0.0256. The summed E-state index contributed by atoms with van der Waals surface area (Å²) in [4.78, 5) is 0. The van der Waals surface area contributed by atoms with Gasteiger partial charge < -0.3 is 10.4 Å². The molecule has 3 heteroatoms. The Balaban J connectivity index is 2.79. The first-order valence-corrected chi connectivity index (χ1v) is 4.84. The van der Waals surface area contributed by atoms with Crippen LogP contribution in [0.3, 0.4) is 0 Å². The zero-order chi connectivity index (χ0) is 10.4. The summed E-state index contributed by atoms with van der Waals surface area (Å²) in [5, 5.41) is 16.2. The van der Waals surface area contributed by atoms with Crippen molar-refractivity contribution in [2.24, 2.45) is 0 Å². The second kappa shape index (κ2) is 5.10. The average Bonchev–Trinajstić information content (AvgIpc) is 2.27. The van der Waals surface area contributed by atoms with E-state index in [4.69, 9.17) is 0 Å². The van der Waals surface area contributed by atoms with Crippen LogP contribution in [0.4, 0.5) is 0 Å². The van der Waals surface area contributed by atoms with E-state index in [1.165, 1.54) is 0 Å². The van der Waals surface area contributed by atoms with Gasteiger partial charge in [-0.1, -0.05) is 30.3 Å². The lowest BCUT2D eigenvalue weighted by Gasteiger charge is -2.28. The van der Waals surface area contributed by atoms with Crippen molar-refractivity contribution in [3.63, 3.8) is 0 Å². The second-order valence-corrected chi connectivity index (χ2v) is 3.33. The number of aliphatic hydroxyl groups is 1. The van der Waals surface area contributed by atoms with Crippen LogP contribution in [0, 0.1) is 0 Å². The molecule has 1 aromatic rings. The standard InChI is InChI=1S/C11H18N2O/c1-12-9-8-11(14,13-2)10-6-4-3-5-7-10/h3-7,12-14H,8-9H2,1-2H3. The molecule has 0 amide bonds. The minimum Gasteiger partial charge on any atom is -0.372 e. The highest BCUT2D eigenvalue weighted by atomic mass is 16.3. The van der Waals surface area contributed by atoms with Crippen molar-refractivity contribution in [2.75, 3.05) is 20.6 Å². The molecule has 0 radical (unpaired) electrons. The maximum atomic E-state index is 10.3. The molecule has 0 fully saturated rings. The van der Waals surface area contributed by atoms with E-state index in [9.17, 15) is 5.11 Å². The highest BCUT2D eigenvalue weighted by Crippen LogP contribution is 2.20. The van der Waals surface area contributed by atoms with Crippen LogP contribution in [0.15, 0.2) is 30.3 Å². The van der Waals surface area contributed by atoms with Gasteiger partial charge in [0, 0.05) is 6.42 Å². The monoisotopic (exact) mass is 194 g/mol. The molecule has 0 saturated heterocycles. The van der Waals surface area contributed by atoms with Crippen LogP contribution in [-0.4, -0.2) is 25.7 Å². The number of benzene rings is 1. The molecule has 3 N–H and O–H groups in total. The summed E-state index contributed by atoms with van der Waals surface area (Å²) >= 11 is 0. The van der Waals surface area contributed by atoms with E-state index in [-0.39, 0.29) is 0 Å². The molecule has 0 bridgehead atoms. The third-order valence-corrected chi connectivity index (χ3v) is 2.40. The average molecular weight is 194 g/mol. The lowest BCUT2D eigenvalue weighted by atomic mass is 9.99. The van der Waals surface area contributed by atoms with Crippen LogP contribution in [0.5, 0.6) is 0 Å². The van der Waals surface area contributed by atoms with Gasteiger partial charge in [-0.25, -0.2) is 0 Å². The van der Waals surface area contributed by atoms with Crippen LogP contribution < -0.4 is 10.6 Å². The molecule has 0 aliphatic rings. The summed E-state index contributed by atoms with van der Waals surface area (Å²) in [6, 6.07) is 9.64. The molecule has 0 aromatic heterocycles. The Morgan fingerprint density at radius 3 is 2.36 bits per heavy atom. The van der Waals surface area contributed by atoms with Crippen LogP contribution in [-0.2, 0) is 5.72 Å². The van der Waals surface area contributed by atoms with Crippen LogP contribution in [0.2, 0.25) is 0 Å². The molecule has 1 rings (SSSR count). The summed E-state index contributed by atoms with van der Waals surface area (Å²) in [6.45, 7) is 0.770.